The van der Waals surface area contributed by atoms with Gasteiger partial charge in [0.2, 0.25) is 0 Å². The van der Waals surface area contributed by atoms with Crippen molar-refractivity contribution in [3.05, 3.63) is 63.5 Å². The van der Waals surface area contributed by atoms with Gasteiger partial charge in [-0.05, 0) is 37.3 Å². The summed E-state index contributed by atoms with van der Waals surface area (Å²) in [6, 6.07) is 6.89. The van der Waals surface area contributed by atoms with Gasteiger partial charge in [-0.2, -0.15) is 13.2 Å². The summed E-state index contributed by atoms with van der Waals surface area (Å²) in [5.41, 5.74) is 7.28. The Kier molecular flexibility index (Phi) is 5.45. The van der Waals surface area contributed by atoms with Crippen molar-refractivity contribution >= 4 is 34.9 Å². The molecule has 0 radical (unpaired) electrons. The molecular formula is C17H16ClF3N4OS. The number of hydrogen-bond acceptors (Lipinski definition) is 5. The molecule has 1 aromatic rings. The molecule has 4 N–H and O–H groups in total. The maximum absolute atomic E-state index is 12.4. The molecule has 0 aliphatic carbocycles. The lowest BCUT2D eigenvalue weighted by molar-refractivity contribution is -0.164. The summed E-state index contributed by atoms with van der Waals surface area (Å²) in [5, 5.41) is 12.1. The largest absolute Gasteiger partial charge is 0.484 e. The summed E-state index contributed by atoms with van der Waals surface area (Å²) in [6.07, 6.45) is -1.53. The number of alkyl halides is 3. The zero-order chi connectivity index (χ0) is 19.8. The molecule has 1 fully saturated rings. The summed E-state index contributed by atoms with van der Waals surface area (Å²) < 4.78 is 42.2. The third-order valence-corrected chi connectivity index (χ3v) is 5.22. The van der Waals surface area contributed by atoms with Gasteiger partial charge in [-0.1, -0.05) is 23.4 Å². The van der Waals surface area contributed by atoms with Crippen molar-refractivity contribution < 1.29 is 17.9 Å². The van der Waals surface area contributed by atoms with E-state index >= 15 is 0 Å². The average Bonchev–Trinajstić information content (AvgIpc) is 2.89. The van der Waals surface area contributed by atoms with Crippen molar-refractivity contribution in [1.29, 1.82) is 5.41 Å². The van der Waals surface area contributed by atoms with Gasteiger partial charge >= 0.3 is 6.18 Å². The molecule has 0 amide bonds. The predicted molar refractivity (Wildman–Crippen MR) is 101 cm³/mol. The number of anilines is 1. The van der Waals surface area contributed by atoms with Crippen LogP contribution in [0.15, 0.2) is 58.5 Å². The van der Waals surface area contributed by atoms with E-state index in [1.54, 1.807) is 36.1 Å². The number of allylic oxidation sites excluding steroid dienone is 2. The maximum Gasteiger partial charge on any atom is 0.422 e. The van der Waals surface area contributed by atoms with Gasteiger partial charge < -0.3 is 20.7 Å². The summed E-state index contributed by atoms with van der Waals surface area (Å²) in [4.78, 5) is 2.14. The smallest absolute Gasteiger partial charge is 0.422 e. The summed E-state index contributed by atoms with van der Waals surface area (Å²) in [7, 11) is 0. The Hall–Kier alpha value is -2.10. The predicted octanol–water partition coefficient (Wildman–Crippen LogP) is 4.29. The number of ether oxygens (including phenoxy) is 1. The second-order valence-corrected chi connectivity index (χ2v) is 7.34. The number of nitrogens with two attached hydrogens (primary N) is 1. The standard InChI is InChI=1S/C17H16ClF3N4OS/c1-9-12(26-8-17(19,20)21)6-7-24-13(9)14-15(22)25(16(23)27-14)11-4-2-10(18)3-5-11/h2-7,16,22,24H,8,23H2,1H3. The molecule has 2 aliphatic heterocycles. The van der Waals surface area contributed by atoms with Gasteiger partial charge in [0, 0.05) is 22.5 Å². The average molecular weight is 417 g/mol. The third kappa shape index (κ3) is 4.26. The van der Waals surface area contributed by atoms with E-state index in [1.165, 1.54) is 24.0 Å². The zero-order valence-electron chi connectivity index (χ0n) is 14.1. The van der Waals surface area contributed by atoms with Crippen molar-refractivity contribution in [2.24, 2.45) is 5.73 Å². The Morgan fingerprint density at radius 2 is 2.00 bits per heavy atom. The van der Waals surface area contributed by atoms with Crippen molar-refractivity contribution in [3.8, 4) is 0 Å². The van der Waals surface area contributed by atoms with Gasteiger partial charge in [-0.25, -0.2) is 0 Å². The maximum atomic E-state index is 12.4. The highest BCUT2D eigenvalue weighted by molar-refractivity contribution is 8.05. The van der Waals surface area contributed by atoms with Gasteiger partial charge in [-0.15, -0.1) is 0 Å². The molecule has 2 aliphatic rings. The number of nitrogens with one attached hydrogen (secondary N) is 2. The summed E-state index contributed by atoms with van der Waals surface area (Å²) in [5.74, 6) is 0.239. The Morgan fingerprint density at radius 1 is 1.33 bits per heavy atom. The first-order chi connectivity index (χ1) is 12.7. The molecule has 0 bridgehead atoms. The number of hydrogen-bond donors (Lipinski definition) is 3. The first-order valence-electron chi connectivity index (χ1n) is 7.81. The number of amidine groups is 1. The van der Waals surface area contributed by atoms with Crippen molar-refractivity contribution in [2.75, 3.05) is 11.5 Å². The van der Waals surface area contributed by atoms with E-state index in [4.69, 9.17) is 27.5 Å². The van der Waals surface area contributed by atoms with Crippen LogP contribution in [-0.2, 0) is 4.74 Å². The minimum absolute atomic E-state index is 0.0977. The van der Waals surface area contributed by atoms with E-state index in [0.29, 0.717) is 26.9 Å². The van der Waals surface area contributed by atoms with Gasteiger partial charge in [0.1, 0.15) is 17.1 Å². The van der Waals surface area contributed by atoms with Gasteiger partial charge in [-0.3, -0.25) is 5.41 Å². The molecule has 3 rings (SSSR count). The summed E-state index contributed by atoms with van der Waals surface area (Å²) >= 11 is 7.14. The SMILES string of the molecule is CC1=C(OCC(F)(F)F)C=CNC1=C1SC(N)N(c2ccc(Cl)cc2)C1=N. The second-order valence-electron chi connectivity index (χ2n) is 5.78. The third-order valence-electron chi connectivity index (χ3n) is 3.88. The monoisotopic (exact) mass is 416 g/mol. The first kappa shape index (κ1) is 19.7. The topological polar surface area (TPSA) is 74.4 Å². The van der Waals surface area contributed by atoms with Crippen LogP contribution in [0.1, 0.15) is 6.92 Å². The van der Waals surface area contributed by atoms with Crippen LogP contribution < -0.4 is 16.0 Å². The minimum atomic E-state index is -4.43. The molecule has 10 heteroatoms. The molecule has 0 spiro atoms. The lowest BCUT2D eigenvalue weighted by Gasteiger charge is -2.22. The zero-order valence-corrected chi connectivity index (χ0v) is 15.7. The number of thioether (sulfide) groups is 1. The molecule has 144 valence electrons. The van der Waals surface area contributed by atoms with Crippen molar-refractivity contribution in [2.45, 2.75) is 18.6 Å². The summed E-state index contributed by atoms with van der Waals surface area (Å²) in [6.45, 7) is 0.252. The molecule has 27 heavy (non-hydrogen) atoms. The number of nitrogens with zero attached hydrogens (tertiary/aromatic N) is 1. The second kappa shape index (κ2) is 7.49. The minimum Gasteiger partial charge on any atom is -0.484 e. The van der Waals surface area contributed by atoms with E-state index in [9.17, 15) is 13.2 Å². The highest BCUT2D eigenvalue weighted by Gasteiger charge is 2.35. The van der Waals surface area contributed by atoms with E-state index in [1.807, 2.05) is 0 Å². The fourth-order valence-corrected chi connectivity index (χ4v) is 3.87. The van der Waals surface area contributed by atoms with Crippen LogP contribution in [-0.4, -0.2) is 24.1 Å². The van der Waals surface area contributed by atoms with Gasteiger partial charge in [0.05, 0.1) is 10.6 Å². The van der Waals surface area contributed by atoms with Crippen LogP contribution in [0.25, 0.3) is 0 Å². The van der Waals surface area contributed by atoms with Crippen LogP contribution in [0.2, 0.25) is 5.02 Å². The Balaban J connectivity index is 1.91. The number of benzene rings is 1. The molecular weight excluding hydrogens is 401 g/mol. The molecule has 2 heterocycles. The fraction of sp³-hybridized carbons (Fsp3) is 0.235. The highest BCUT2D eigenvalue weighted by atomic mass is 35.5. The molecule has 1 aromatic carbocycles. The van der Waals surface area contributed by atoms with E-state index < -0.39 is 18.3 Å². The van der Waals surface area contributed by atoms with Crippen LogP contribution in [0.4, 0.5) is 18.9 Å². The highest BCUT2D eigenvalue weighted by Crippen LogP contribution is 2.40. The van der Waals surface area contributed by atoms with Crippen LogP contribution >= 0.6 is 23.4 Å². The van der Waals surface area contributed by atoms with Gasteiger partial charge in [0.25, 0.3) is 0 Å². The van der Waals surface area contributed by atoms with E-state index in [-0.39, 0.29) is 11.6 Å². The van der Waals surface area contributed by atoms with Crippen molar-refractivity contribution in [1.82, 2.24) is 5.32 Å². The quantitative estimate of drug-likeness (QED) is 0.685. The van der Waals surface area contributed by atoms with Crippen LogP contribution in [0.5, 0.6) is 0 Å². The molecule has 1 saturated heterocycles. The number of rotatable bonds is 3. The van der Waals surface area contributed by atoms with Crippen molar-refractivity contribution in [3.63, 3.8) is 0 Å². The molecule has 0 aromatic heterocycles. The Morgan fingerprint density at radius 3 is 2.63 bits per heavy atom. The number of dihydropyridines is 1. The lowest BCUT2D eigenvalue weighted by atomic mass is 10.1. The molecule has 0 saturated carbocycles. The van der Waals surface area contributed by atoms with Crippen LogP contribution in [0, 0.1) is 5.41 Å². The fourth-order valence-electron chi connectivity index (χ4n) is 2.63. The Bertz CT molecular complexity index is 849. The van der Waals surface area contributed by atoms with Crippen LogP contribution in [0.3, 0.4) is 0 Å². The van der Waals surface area contributed by atoms with E-state index in [0.717, 1.165) is 0 Å². The molecule has 5 nitrogen and oxygen atoms in total. The van der Waals surface area contributed by atoms with Gasteiger partial charge in [0.15, 0.2) is 6.61 Å². The molecule has 1 atom stereocenters. The Labute approximate surface area is 163 Å². The first-order valence-corrected chi connectivity index (χ1v) is 9.07. The molecule has 1 unspecified atom stereocenters. The lowest BCUT2D eigenvalue weighted by Crippen LogP contribution is -2.37. The number of halogens is 4. The normalized spacial score (nSPS) is 23.1. The van der Waals surface area contributed by atoms with E-state index in [2.05, 4.69) is 5.32 Å².